The number of morpholine rings is 1. The number of nitrogens with zero attached hydrogens (tertiary/aromatic N) is 4. The van der Waals surface area contributed by atoms with Gasteiger partial charge in [-0.3, -0.25) is 14.8 Å². The second kappa shape index (κ2) is 19.5. The highest BCUT2D eigenvalue weighted by molar-refractivity contribution is 7.80. The lowest BCUT2D eigenvalue weighted by Crippen LogP contribution is -2.65. The Morgan fingerprint density at radius 1 is 1.02 bits per heavy atom. The molecule has 1 aromatic carbocycles. The Kier molecular flexibility index (Phi) is 14.5. The number of aliphatic hydroxyl groups is 1. The van der Waals surface area contributed by atoms with E-state index in [1.54, 1.807) is 17.4 Å². The third-order valence-electron chi connectivity index (χ3n) is 9.70. The minimum atomic E-state index is -1.21. The topological polar surface area (TPSA) is 156 Å². The second-order valence-corrected chi connectivity index (χ2v) is 13.7. The number of aromatic nitrogens is 3. The van der Waals surface area contributed by atoms with Crippen molar-refractivity contribution in [3.8, 4) is 0 Å². The van der Waals surface area contributed by atoms with Crippen molar-refractivity contribution in [3.05, 3.63) is 84.2 Å². The van der Waals surface area contributed by atoms with Crippen molar-refractivity contribution in [1.29, 1.82) is 0 Å². The average Bonchev–Trinajstić information content (AvgIpc) is 3.67. The van der Waals surface area contributed by atoms with Gasteiger partial charge in [0.05, 0.1) is 37.4 Å². The van der Waals surface area contributed by atoms with Crippen molar-refractivity contribution < 1.29 is 24.5 Å². The summed E-state index contributed by atoms with van der Waals surface area (Å²) in [4.78, 5) is 40.3. The Hall–Kier alpha value is -3.91. The molecule has 1 amide bonds. The number of hydrogen-bond acceptors (Lipinski definition) is 8. The Morgan fingerprint density at radius 2 is 1.78 bits per heavy atom. The number of imidazole rings is 1. The van der Waals surface area contributed by atoms with Crippen LogP contribution in [0.15, 0.2) is 67.3 Å². The lowest BCUT2D eigenvalue weighted by Gasteiger charge is -2.43. The van der Waals surface area contributed by atoms with Crippen LogP contribution in [0.3, 0.4) is 0 Å². The number of nitrogens with one attached hydrogen (secondary N) is 3. The molecule has 1 saturated heterocycles. The summed E-state index contributed by atoms with van der Waals surface area (Å²) in [6, 6.07) is 13.0. The molecule has 50 heavy (non-hydrogen) atoms. The van der Waals surface area contributed by atoms with E-state index in [2.05, 4.69) is 25.7 Å². The molecular formula is C37H51N7O5S. The molecule has 12 nitrogen and oxygen atoms in total. The highest BCUT2D eigenvalue weighted by Gasteiger charge is 2.37. The summed E-state index contributed by atoms with van der Waals surface area (Å²) < 4.78 is 5.62. The normalized spacial score (nSPS) is 17.7. The van der Waals surface area contributed by atoms with E-state index in [1.807, 2.05) is 53.4 Å². The molecule has 4 atom stereocenters. The number of hydrogen-bond donors (Lipinski definition) is 5. The van der Waals surface area contributed by atoms with Crippen LogP contribution in [0, 0.1) is 5.92 Å². The first-order chi connectivity index (χ1) is 24.4. The first kappa shape index (κ1) is 37.3. The van der Waals surface area contributed by atoms with Crippen LogP contribution in [0.4, 0.5) is 0 Å². The van der Waals surface area contributed by atoms with Crippen molar-refractivity contribution in [2.24, 2.45) is 5.92 Å². The Labute approximate surface area is 300 Å². The van der Waals surface area contributed by atoms with Crippen LogP contribution in [-0.4, -0.2) is 103 Å². The predicted octanol–water partition coefficient (Wildman–Crippen LogP) is 3.67. The number of benzene rings is 1. The lowest BCUT2D eigenvalue weighted by molar-refractivity contribution is -0.142. The summed E-state index contributed by atoms with van der Waals surface area (Å²) in [5.74, 6) is -1.22. The van der Waals surface area contributed by atoms with E-state index in [1.165, 1.54) is 12.7 Å². The van der Waals surface area contributed by atoms with Gasteiger partial charge in [-0.15, -0.1) is 0 Å². The van der Waals surface area contributed by atoms with Gasteiger partial charge in [-0.1, -0.05) is 68.5 Å². The zero-order chi connectivity index (χ0) is 35.1. The van der Waals surface area contributed by atoms with Gasteiger partial charge in [0, 0.05) is 44.0 Å². The monoisotopic (exact) mass is 705 g/mol. The van der Waals surface area contributed by atoms with Crippen molar-refractivity contribution in [2.75, 3.05) is 26.3 Å². The van der Waals surface area contributed by atoms with Crippen molar-refractivity contribution in [3.63, 3.8) is 0 Å². The summed E-state index contributed by atoms with van der Waals surface area (Å²) in [5, 5.41) is 26.9. The Balaban J connectivity index is 1.44. The van der Waals surface area contributed by atoms with E-state index in [9.17, 15) is 19.8 Å². The molecule has 2 aromatic heterocycles. The van der Waals surface area contributed by atoms with Gasteiger partial charge in [0.15, 0.2) is 5.11 Å². The van der Waals surface area contributed by atoms with Gasteiger partial charge in [-0.2, -0.15) is 0 Å². The molecule has 0 bridgehead atoms. The molecule has 3 heterocycles. The number of aliphatic carboxylic acids is 1. The van der Waals surface area contributed by atoms with Crippen molar-refractivity contribution >= 4 is 29.2 Å². The van der Waals surface area contributed by atoms with E-state index in [-0.39, 0.29) is 12.8 Å². The maximum atomic E-state index is 14.4. The summed E-state index contributed by atoms with van der Waals surface area (Å²) in [6.07, 6.45) is 12.9. The molecule has 2 aliphatic rings. The number of aromatic amines is 1. The van der Waals surface area contributed by atoms with Crippen LogP contribution >= 0.6 is 12.2 Å². The molecule has 270 valence electrons. The van der Waals surface area contributed by atoms with Gasteiger partial charge in [0.25, 0.3) is 0 Å². The zero-order valence-corrected chi connectivity index (χ0v) is 29.5. The number of ether oxygens (including phenoxy) is 1. The lowest BCUT2D eigenvalue weighted by atomic mass is 9.83. The molecule has 2 fully saturated rings. The van der Waals surface area contributed by atoms with E-state index < -0.39 is 36.1 Å². The van der Waals surface area contributed by atoms with Crippen molar-refractivity contribution in [1.82, 2.24) is 35.6 Å². The molecule has 1 saturated carbocycles. The van der Waals surface area contributed by atoms with Gasteiger partial charge in [0.1, 0.15) is 12.1 Å². The van der Waals surface area contributed by atoms with E-state index in [4.69, 9.17) is 17.0 Å². The summed E-state index contributed by atoms with van der Waals surface area (Å²) in [5.41, 5.74) is 6.01. The largest absolute Gasteiger partial charge is 0.480 e. The molecule has 1 aliphatic carbocycles. The van der Waals surface area contributed by atoms with E-state index in [0.717, 1.165) is 56.2 Å². The molecule has 3 aromatic rings. The second-order valence-electron chi connectivity index (χ2n) is 13.4. The summed E-state index contributed by atoms with van der Waals surface area (Å²) in [6.45, 7) is 2.09. The molecule has 0 unspecified atom stereocenters. The maximum Gasteiger partial charge on any atom is 0.326 e. The highest BCUT2D eigenvalue weighted by Crippen LogP contribution is 2.29. The average molecular weight is 706 g/mol. The van der Waals surface area contributed by atoms with Gasteiger partial charge in [-0.05, 0) is 61.5 Å². The van der Waals surface area contributed by atoms with Crippen LogP contribution in [0.5, 0.6) is 0 Å². The molecule has 0 radical (unpaired) electrons. The number of carboxylic acids is 1. The number of amides is 1. The first-order valence-electron chi connectivity index (χ1n) is 17.9. The van der Waals surface area contributed by atoms with Gasteiger partial charge >= 0.3 is 5.97 Å². The molecule has 5 rings (SSSR count). The predicted molar refractivity (Wildman–Crippen MR) is 194 cm³/mol. The number of aryl methyl sites for hydroxylation is 1. The van der Waals surface area contributed by atoms with Crippen LogP contribution in [-0.2, 0) is 33.6 Å². The maximum absolute atomic E-state index is 14.4. The van der Waals surface area contributed by atoms with Gasteiger partial charge < -0.3 is 30.2 Å². The van der Waals surface area contributed by atoms with Crippen molar-refractivity contribution in [2.45, 2.75) is 94.9 Å². The number of pyridine rings is 1. The van der Waals surface area contributed by atoms with Crippen LogP contribution in [0.1, 0.15) is 68.3 Å². The number of H-pyrrole nitrogens is 1. The standard InChI is InChI=1S/C37H51N7O5S/c45-34(16-9-15-29-14-7-8-17-39-29)31(22-27-10-3-1-4-11-27)42-44(37(50)43-18-20-49-21-19-43)33(23-28-12-5-2-6-13-28)35(46)41-32(36(47)48)24-30-25-38-26-40-30/h2,5-8,12-14,17,25-27,31-34,42,45H,1,3-4,9-11,15-16,18-24H2,(H,38,40)(H,41,46)(H,47,48)/t31-,32-,33-,34-/m0/s1. The summed E-state index contributed by atoms with van der Waals surface area (Å²) in [7, 11) is 0. The molecule has 5 N–H and O–H groups in total. The number of carboxylic acid groups (broad SMARTS) is 1. The third kappa shape index (κ3) is 11.3. The highest BCUT2D eigenvalue weighted by atomic mass is 32.1. The zero-order valence-electron chi connectivity index (χ0n) is 28.7. The number of thiocarbonyl (C=S) groups is 1. The molecule has 13 heteroatoms. The van der Waals surface area contributed by atoms with Crippen LogP contribution < -0.4 is 10.7 Å². The fraction of sp³-hybridized carbons (Fsp3) is 0.541. The van der Waals surface area contributed by atoms with Gasteiger partial charge in [0.2, 0.25) is 5.91 Å². The number of hydrazine groups is 1. The number of rotatable bonds is 17. The Bertz CT molecular complexity index is 1450. The number of carbonyl (C=O) groups is 2. The number of aliphatic hydroxyl groups excluding tert-OH is 1. The Morgan fingerprint density at radius 3 is 2.46 bits per heavy atom. The first-order valence-corrected chi connectivity index (χ1v) is 18.3. The molecule has 1 aliphatic heterocycles. The van der Waals surface area contributed by atoms with E-state index >= 15 is 0 Å². The van der Waals surface area contributed by atoms with E-state index in [0.29, 0.717) is 49.4 Å². The summed E-state index contributed by atoms with van der Waals surface area (Å²) >= 11 is 6.16. The molecular weight excluding hydrogens is 655 g/mol. The quantitative estimate of drug-likeness (QED) is 0.103. The fourth-order valence-corrected chi connectivity index (χ4v) is 7.26. The SMILES string of the molecule is O=C(O)[C@H](Cc1c[nH]cn1)NC(=O)[C@H](Cc1ccccc1)N(N[C@@H](CC1CCCCC1)[C@@H](O)CCCc1ccccn1)C(=S)N1CCOCC1. The minimum absolute atomic E-state index is 0.0171. The van der Waals surface area contributed by atoms with Crippen LogP contribution in [0.25, 0.3) is 0 Å². The van der Waals surface area contributed by atoms with Crippen LogP contribution in [0.2, 0.25) is 0 Å². The number of carbonyl (C=O) groups excluding carboxylic acids is 1. The van der Waals surface area contributed by atoms with Gasteiger partial charge in [-0.25, -0.2) is 15.2 Å². The molecule has 0 spiro atoms. The minimum Gasteiger partial charge on any atom is -0.480 e. The third-order valence-corrected chi connectivity index (χ3v) is 10.2. The smallest absolute Gasteiger partial charge is 0.326 e. The fourth-order valence-electron chi connectivity index (χ4n) is 6.90.